The number of hydrogen-bond acceptors (Lipinski definition) is 5. The van der Waals surface area contributed by atoms with Crippen molar-refractivity contribution in [1.82, 2.24) is 20.2 Å². The summed E-state index contributed by atoms with van der Waals surface area (Å²) in [6.45, 7) is 0.527. The highest BCUT2D eigenvalue weighted by atomic mass is 35.5. The lowest BCUT2D eigenvalue weighted by Crippen LogP contribution is -2.01. The summed E-state index contributed by atoms with van der Waals surface area (Å²) in [5.74, 6) is 0.714. The predicted octanol–water partition coefficient (Wildman–Crippen LogP) is 4.67. The standard InChI is InChI=1S/C21H15ClN6/c22-19-9-14(12-23)1-2-18(19)16-5-8-25-21(10-16)26-13-17-11-20(28-27-17)15-3-6-24-7-4-15/h1-11H,13H2,(H,25,26)(H,27,28). The number of pyridine rings is 2. The van der Waals surface area contributed by atoms with Crippen LogP contribution in [0.1, 0.15) is 11.3 Å². The molecule has 0 spiro atoms. The molecule has 0 radical (unpaired) electrons. The highest BCUT2D eigenvalue weighted by Crippen LogP contribution is 2.29. The van der Waals surface area contributed by atoms with Crippen molar-refractivity contribution in [2.75, 3.05) is 5.32 Å². The number of hydrogen-bond donors (Lipinski definition) is 2. The van der Waals surface area contributed by atoms with Gasteiger partial charge in [0, 0.05) is 34.7 Å². The molecule has 3 aromatic heterocycles. The Hall–Kier alpha value is -3.69. The maximum atomic E-state index is 8.98. The van der Waals surface area contributed by atoms with Crippen molar-refractivity contribution in [2.24, 2.45) is 0 Å². The maximum Gasteiger partial charge on any atom is 0.126 e. The molecule has 0 aliphatic rings. The van der Waals surface area contributed by atoms with Crippen LogP contribution in [0.25, 0.3) is 22.4 Å². The molecule has 0 saturated heterocycles. The van der Waals surface area contributed by atoms with Gasteiger partial charge in [-0.15, -0.1) is 0 Å². The third kappa shape index (κ3) is 3.85. The van der Waals surface area contributed by atoms with Crippen molar-refractivity contribution in [1.29, 1.82) is 5.26 Å². The number of anilines is 1. The minimum absolute atomic E-state index is 0.527. The molecule has 28 heavy (non-hydrogen) atoms. The summed E-state index contributed by atoms with van der Waals surface area (Å²) in [5.41, 5.74) is 5.15. The van der Waals surface area contributed by atoms with Crippen LogP contribution in [0.15, 0.2) is 67.1 Å². The molecule has 4 rings (SSSR count). The van der Waals surface area contributed by atoms with Gasteiger partial charge in [-0.25, -0.2) is 4.98 Å². The van der Waals surface area contributed by atoms with Crippen molar-refractivity contribution < 1.29 is 0 Å². The fourth-order valence-electron chi connectivity index (χ4n) is 2.83. The van der Waals surface area contributed by atoms with Crippen LogP contribution in [0.2, 0.25) is 5.02 Å². The van der Waals surface area contributed by atoms with Crippen LogP contribution in [-0.2, 0) is 6.54 Å². The van der Waals surface area contributed by atoms with Crippen LogP contribution in [0, 0.1) is 11.3 Å². The van der Waals surface area contributed by atoms with Gasteiger partial charge in [0.2, 0.25) is 0 Å². The number of aromatic nitrogens is 4. The van der Waals surface area contributed by atoms with Gasteiger partial charge in [0.25, 0.3) is 0 Å². The van der Waals surface area contributed by atoms with Crippen LogP contribution in [0.5, 0.6) is 0 Å². The fourth-order valence-corrected chi connectivity index (χ4v) is 3.12. The molecule has 0 saturated carbocycles. The fraction of sp³-hybridized carbons (Fsp3) is 0.0476. The van der Waals surface area contributed by atoms with E-state index in [4.69, 9.17) is 16.9 Å². The summed E-state index contributed by atoms with van der Waals surface area (Å²) in [4.78, 5) is 8.38. The summed E-state index contributed by atoms with van der Waals surface area (Å²) in [5, 5.41) is 20.2. The lowest BCUT2D eigenvalue weighted by Gasteiger charge is -2.08. The number of nitrogens with zero attached hydrogens (tertiary/aromatic N) is 4. The zero-order valence-corrected chi connectivity index (χ0v) is 15.5. The average molecular weight is 387 g/mol. The van der Waals surface area contributed by atoms with E-state index in [0.717, 1.165) is 28.1 Å². The molecule has 0 unspecified atom stereocenters. The Kier molecular flexibility index (Phi) is 5.00. The molecule has 4 aromatic rings. The van der Waals surface area contributed by atoms with Gasteiger partial charge in [0.15, 0.2) is 0 Å². The average Bonchev–Trinajstić information content (AvgIpc) is 3.22. The number of halogens is 1. The normalized spacial score (nSPS) is 10.4. The third-order valence-corrected chi connectivity index (χ3v) is 4.55. The minimum Gasteiger partial charge on any atom is -0.364 e. The monoisotopic (exact) mass is 386 g/mol. The van der Waals surface area contributed by atoms with E-state index in [0.29, 0.717) is 22.9 Å². The van der Waals surface area contributed by atoms with Crippen LogP contribution >= 0.6 is 11.6 Å². The number of benzene rings is 1. The summed E-state index contributed by atoms with van der Waals surface area (Å²) >= 11 is 6.32. The molecule has 0 bridgehead atoms. The Morgan fingerprint density at radius 1 is 1.00 bits per heavy atom. The van der Waals surface area contributed by atoms with Gasteiger partial charge in [-0.05, 0) is 48.0 Å². The van der Waals surface area contributed by atoms with Gasteiger partial charge in [-0.2, -0.15) is 10.4 Å². The SMILES string of the molecule is N#Cc1ccc(-c2ccnc(NCc3cc(-c4ccncc4)[nH]n3)c2)c(Cl)c1. The second-order valence-electron chi connectivity index (χ2n) is 6.10. The van der Waals surface area contributed by atoms with Gasteiger partial charge < -0.3 is 5.32 Å². The van der Waals surface area contributed by atoms with E-state index in [2.05, 4.69) is 31.6 Å². The van der Waals surface area contributed by atoms with Crippen molar-refractivity contribution in [3.8, 4) is 28.5 Å². The summed E-state index contributed by atoms with van der Waals surface area (Å²) in [6.07, 6.45) is 5.22. The molecular formula is C21H15ClN6. The Bertz CT molecular complexity index is 1150. The van der Waals surface area contributed by atoms with Crippen LogP contribution < -0.4 is 5.32 Å². The topological polar surface area (TPSA) is 90.3 Å². The molecule has 136 valence electrons. The molecule has 0 atom stereocenters. The second kappa shape index (κ2) is 7.91. The van der Waals surface area contributed by atoms with E-state index in [9.17, 15) is 0 Å². The third-order valence-electron chi connectivity index (χ3n) is 4.24. The first-order valence-corrected chi connectivity index (χ1v) is 8.95. The van der Waals surface area contributed by atoms with Crippen molar-refractivity contribution in [3.63, 3.8) is 0 Å². The van der Waals surface area contributed by atoms with E-state index in [-0.39, 0.29) is 0 Å². The minimum atomic E-state index is 0.527. The highest BCUT2D eigenvalue weighted by molar-refractivity contribution is 6.33. The Balaban J connectivity index is 1.49. The predicted molar refractivity (Wildman–Crippen MR) is 109 cm³/mol. The van der Waals surface area contributed by atoms with E-state index >= 15 is 0 Å². The largest absolute Gasteiger partial charge is 0.364 e. The zero-order chi connectivity index (χ0) is 19.3. The molecule has 0 aliphatic carbocycles. The van der Waals surface area contributed by atoms with E-state index in [1.54, 1.807) is 30.7 Å². The number of nitrogens with one attached hydrogen (secondary N) is 2. The molecule has 3 heterocycles. The van der Waals surface area contributed by atoms with Crippen LogP contribution in [-0.4, -0.2) is 20.2 Å². The van der Waals surface area contributed by atoms with Crippen molar-refractivity contribution in [2.45, 2.75) is 6.54 Å². The van der Waals surface area contributed by atoms with E-state index in [1.165, 1.54) is 0 Å². The molecule has 7 heteroatoms. The molecule has 2 N–H and O–H groups in total. The smallest absolute Gasteiger partial charge is 0.126 e. The lowest BCUT2D eigenvalue weighted by molar-refractivity contribution is 0.976. The second-order valence-corrected chi connectivity index (χ2v) is 6.51. The molecule has 1 aromatic carbocycles. The number of rotatable bonds is 5. The first kappa shape index (κ1) is 17.7. The van der Waals surface area contributed by atoms with Crippen LogP contribution in [0.3, 0.4) is 0 Å². The summed E-state index contributed by atoms with van der Waals surface area (Å²) < 4.78 is 0. The van der Waals surface area contributed by atoms with Gasteiger partial charge in [0.05, 0.1) is 29.6 Å². The van der Waals surface area contributed by atoms with Gasteiger partial charge in [-0.3, -0.25) is 10.1 Å². The van der Waals surface area contributed by atoms with Gasteiger partial charge in [0.1, 0.15) is 5.82 Å². The number of aromatic amines is 1. The van der Waals surface area contributed by atoms with Crippen molar-refractivity contribution in [3.05, 3.63) is 83.4 Å². The van der Waals surface area contributed by atoms with E-state index in [1.807, 2.05) is 36.4 Å². The summed E-state index contributed by atoms with van der Waals surface area (Å²) in [6, 6.07) is 17.0. The first-order chi connectivity index (χ1) is 13.7. The highest BCUT2D eigenvalue weighted by Gasteiger charge is 2.07. The Labute approximate surface area is 166 Å². The zero-order valence-electron chi connectivity index (χ0n) is 14.7. The van der Waals surface area contributed by atoms with E-state index < -0.39 is 0 Å². The Morgan fingerprint density at radius 2 is 1.82 bits per heavy atom. The van der Waals surface area contributed by atoms with Gasteiger partial charge in [-0.1, -0.05) is 17.7 Å². The van der Waals surface area contributed by atoms with Gasteiger partial charge >= 0.3 is 0 Å². The number of nitriles is 1. The lowest BCUT2D eigenvalue weighted by atomic mass is 10.1. The molecule has 0 amide bonds. The summed E-state index contributed by atoms with van der Waals surface area (Å²) in [7, 11) is 0. The maximum absolute atomic E-state index is 8.98. The molecule has 0 aliphatic heterocycles. The molecule has 6 nitrogen and oxygen atoms in total. The Morgan fingerprint density at radius 3 is 2.61 bits per heavy atom. The van der Waals surface area contributed by atoms with Crippen molar-refractivity contribution >= 4 is 17.4 Å². The molecule has 0 fully saturated rings. The quantitative estimate of drug-likeness (QED) is 0.520. The number of H-pyrrole nitrogens is 1. The van der Waals surface area contributed by atoms with Crippen LogP contribution in [0.4, 0.5) is 5.82 Å². The molecular weight excluding hydrogens is 372 g/mol. The first-order valence-electron chi connectivity index (χ1n) is 8.57.